The van der Waals surface area contributed by atoms with E-state index in [-0.39, 0.29) is 24.4 Å². The van der Waals surface area contributed by atoms with Crippen LogP contribution < -0.4 is 10.6 Å². The zero-order valence-electron chi connectivity index (χ0n) is 13.5. The van der Waals surface area contributed by atoms with Gasteiger partial charge in [-0.1, -0.05) is 30.3 Å². The number of carbonyl (C=O) groups is 2. The second-order valence-corrected chi connectivity index (χ2v) is 5.43. The summed E-state index contributed by atoms with van der Waals surface area (Å²) in [6.45, 7) is 0.183. The van der Waals surface area contributed by atoms with Crippen LogP contribution in [0.15, 0.2) is 48.5 Å². The summed E-state index contributed by atoms with van der Waals surface area (Å²) in [5.41, 5.74) is 0.688. The summed E-state index contributed by atoms with van der Waals surface area (Å²) in [4.78, 5) is 23.5. The molecule has 0 aliphatic rings. The summed E-state index contributed by atoms with van der Waals surface area (Å²) in [7, 11) is 1.52. The lowest BCUT2D eigenvalue weighted by Crippen LogP contribution is -2.25. The van der Waals surface area contributed by atoms with Crippen LogP contribution >= 0.6 is 0 Å². The first kappa shape index (κ1) is 18.5. The molecule has 0 unspecified atom stereocenters. The molecule has 0 aliphatic heterocycles. The molecule has 0 fully saturated rings. The van der Waals surface area contributed by atoms with E-state index in [2.05, 4.69) is 10.6 Å². The van der Waals surface area contributed by atoms with E-state index < -0.39 is 17.6 Å². The molecule has 2 aromatic rings. The average molecular weight is 350 g/mol. The highest BCUT2D eigenvalue weighted by Crippen LogP contribution is 2.29. The van der Waals surface area contributed by atoms with Crippen molar-refractivity contribution in [1.29, 1.82) is 0 Å². The minimum atomic E-state index is -4.44. The van der Waals surface area contributed by atoms with Gasteiger partial charge in [0.25, 0.3) is 5.91 Å². The van der Waals surface area contributed by atoms with E-state index in [1.807, 2.05) is 0 Å². The van der Waals surface area contributed by atoms with Gasteiger partial charge in [-0.3, -0.25) is 9.59 Å². The highest BCUT2D eigenvalue weighted by Gasteiger charge is 2.30. The van der Waals surface area contributed by atoms with E-state index in [0.29, 0.717) is 5.56 Å². The molecule has 0 saturated carbocycles. The molecule has 0 atom stereocenters. The van der Waals surface area contributed by atoms with Crippen LogP contribution in [-0.2, 0) is 23.9 Å². The van der Waals surface area contributed by atoms with E-state index in [9.17, 15) is 22.8 Å². The summed E-state index contributed by atoms with van der Waals surface area (Å²) in [6, 6.07) is 11.4. The Hall–Kier alpha value is -2.83. The third-order valence-electron chi connectivity index (χ3n) is 3.52. The Labute approximate surface area is 143 Å². The highest BCUT2D eigenvalue weighted by molar-refractivity contribution is 5.94. The summed E-state index contributed by atoms with van der Waals surface area (Å²) in [5.74, 6) is -0.637. The van der Waals surface area contributed by atoms with Gasteiger partial charge >= 0.3 is 6.18 Å². The molecule has 7 heteroatoms. The number of nitrogens with one attached hydrogen (secondary N) is 2. The zero-order valence-corrected chi connectivity index (χ0v) is 13.5. The maximum Gasteiger partial charge on any atom is 0.416 e. The summed E-state index contributed by atoms with van der Waals surface area (Å²) in [5, 5.41) is 5.14. The van der Waals surface area contributed by atoms with Gasteiger partial charge in [0.15, 0.2) is 0 Å². The molecular weight excluding hydrogens is 333 g/mol. The average Bonchev–Trinajstić information content (AvgIpc) is 2.59. The van der Waals surface area contributed by atoms with E-state index >= 15 is 0 Å². The lowest BCUT2D eigenvalue weighted by atomic mass is 10.1. The van der Waals surface area contributed by atoms with Crippen LogP contribution in [0.4, 0.5) is 13.2 Å². The fraction of sp³-hybridized carbons (Fsp3) is 0.222. The van der Waals surface area contributed by atoms with Gasteiger partial charge in [0.1, 0.15) is 0 Å². The third kappa shape index (κ3) is 5.34. The van der Waals surface area contributed by atoms with Crippen molar-refractivity contribution in [3.63, 3.8) is 0 Å². The zero-order chi connectivity index (χ0) is 18.4. The topological polar surface area (TPSA) is 58.2 Å². The minimum Gasteiger partial charge on any atom is -0.355 e. The van der Waals surface area contributed by atoms with Crippen LogP contribution in [0.1, 0.15) is 27.0 Å². The number of amides is 2. The number of hydrogen-bond donors (Lipinski definition) is 2. The number of halogens is 3. The lowest BCUT2D eigenvalue weighted by molar-refractivity contribution is -0.137. The Morgan fingerprint density at radius 3 is 2.36 bits per heavy atom. The van der Waals surface area contributed by atoms with Crippen molar-refractivity contribution in [3.05, 3.63) is 70.8 Å². The molecule has 4 nitrogen and oxygen atoms in total. The van der Waals surface area contributed by atoms with Gasteiger partial charge in [-0.25, -0.2) is 0 Å². The van der Waals surface area contributed by atoms with E-state index in [1.165, 1.54) is 19.2 Å². The molecule has 0 saturated heterocycles. The quantitative estimate of drug-likeness (QED) is 0.871. The standard InChI is InChI=1S/C18H17F3N2O2/c1-22-17(25)14-6-2-5-13(8-14)11-23-16(24)10-12-4-3-7-15(9-12)18(19,20)21/h2-9H,10-11H2,1H3,(H,22,25)(H,23,24). The van der Waals surface area contributed by atoms with Crippen LogP contribution in [-0.4, -0.2) is 18.9 Å². The summed E-state index contributed by atoms with van der Waals surface area (Å²) < 4.78 is 38.0. The first-order valence-electron chi connectivity index (χ1n) is 7.53. The first-order chi connectivity index (χ1) is 11.8. The van der Waals surface area contributed by atoms with Gasteiger partial charge in [0, 0.05) is 19.2 Å². The number of hydrogen-bond acceptors (Lipinski definition) is 2. The largest absolute Gasteiger partial charge is 0.416 e. The summed E-state index contributed by atoms with van der Waals surface area (Å²) in [6.07, 6.45) is -4.59. The Kier molecular flexibility index (Phi) is 5.80. The molecule has 2 rings (SSSR count). The molecule has 0 spiro atoms. The van der Waals surface area contributed by atoms with Gasteiger partial charge in [-0.2, -0.15) is 13.2 Å². The van der Waals surface area contributed by atoms with Crippen LogP contribution in [0, 0.1) is 0 Å². The smallest absolute Gasteiger partial charge is 0.355 e. The second kappa shape index (κ2) is 7.83. The fourth-order valence-electron chi connectivity index (χ4n) is 2.27. The van der Waals surface area contributed by atoms with Crippen molar-refractivity contribution < 1.29 is 22.8 Å². The van der Waals surface area contributed by atoms with Crippen LogP contribution in [0.2, 0.25) is 0 Å². The molecule has 0 heterocycles. The van der Waals surface area contributed by atoms with Crippen LogP contribution in [0.3, 0.4) is 0 Å². The molecule has 2 aromatic carbocycles. The van der Waals surface area contributed by atoms with Crippen molar-refractivity contribution in [2.45, 2.75) is 19.1 Å². The van der Waals surface area contributed by atoms with Crippen molar-refractivity contribution >= 4 is 11.8 Å². The van der Waals surface area contributed by atoms with Gasteiger partial charge in [0.05, 0.1) is 12.0 Å². The van der Waals surface area contributed by atoms with Gasteiger partial charge in [-0.05, 0) is 29.3 Å². The molecular formula is C18H17F3N2O2. The van der Waals surface area contributed by atoms with Gasteiger partial charge < -0.3 is 10.6 Å². The Bertz CT molecular complexity index is 773. The predicted molar refractivity (Wildman–Crippen MR) is 86.8 cm³/mol. The van der Waals surface area contributed by atoms with E-state index in [4.69, 9.17) is 0 Å². The van der Waals surface area contributed by atoms with Crippen molar-refractivity contribution in [1.82, 2.24) is 10.6 Å². The fourth-order valence-corrected chi connectivity index (χ4v) is 2.27. The SMILES string of the molecule is CNC(=O)c1cccc(CNC(=O)Cc2cccc(C(F)(F)F)c2)c1. The van der Waals surface area contributed by atoms with Crippen LogP contribution in [0.5, 0.6) is 0 Å². The maximum absolute atomic E-state index is 12.7. The molecule has 0 bridgehead atoms. The van der Waals surface area contributed by atoms with E-state index in [1.54, 1.807) is 24.3 Å². The molecule has 0 radical (unpaired) electrons. The molecule has 0 aromatic heterocycles. The minimum absolute atomic E-state index is 0.154. The Morgan fingerprint density at radius 2 is 1.68 bits per heavy atom. The molecule has 2 amide bonds. The molecule has 2 N–H and O–H groups in total. The Balaban J connectivity index is 1.96. The van der Waals surface area contributed by atoms with Crippen molar-refractivity contribution in [2.24, 2.45) is 0 Å². The van der Waals surface area contributed by atoms with Crippen LogP contribution in [0.25, 0.3) is 0 Å². The third-order valence-corrected chi connectivity index (χ3v) is 3.52. The second-order valence-electron chi connectivity index (χ2n) is 5.43. The first-order valence-corrected chi connectivity index (χ1v) is 7.53. The molecule has 132 valence electrons. The van der Waals surface area contributed by atoms with E-state index in [0.717, 1.165) is 17.7 Å². The Morgan fingerprint density at radius 1 is 1.00 bits per heavy atom. The summed E-state index contributed by atoms with van der Waals surface area (Å²) >= 11 is 0. The molecule has 25 heavy (non-hydrogen) atoms. The molecule has 0 aliphatic carbocycles. The maximum atomic E-state index is 12.7. The monoisotopic (exact) mass is 350 g/mol. The van der Waals surface area contributed by atoms with Crippen molar-refractivity contribution in [2.75, 3.05) is 7.05 Å². The van der Waals surface area contributed by atoms with Gasteiger partial charge in [0.2, 0.25) is 5.91 Å². The highest BCUT2D eigenvalue weighted by atomic mass is 19.4. The lowest BCUT2D eigenvalue weighted by Gasteiger charge is -2.10. The van der Waals surface area contributed by atoms with Crippen molar-refractivity contribution in [3.8, 4) is 0 Å². The number of alkyl halides is 3. The number of rotatable bonds is 5. The normalized spacial score (nSPS) is 11.0. The predicted octanol–water partition coefficient (Wildman–Crippen LogP) is 2.92. The number of benzene rings is 2. The number of carbonyl (C=O) groups excluding carboxylic acids is 2. The van der Waals surface area contributed by atoms with Gasteiger partial charge in [-0.15, -0.1) is 0 Å².